The van der Waals surface area contributed by atoms with Crippen LogP contribution in [-0.2, 0) is 23.0 Å². The minimum atomic E-state index is -3.60. The van der Waals surface area contributed by atoms with Crippen molar-refractivity contribution in [2.45, 2.75) is 17.9 Å². The zero-order valence-electron chi connectivity index (χ0n) is 15.9. The van der Waals surface area contributed by atoms with Crippen molar-refractivity contribution in [3.8, 4) is 17.2 Å². The summed E-state index contributed by atoms with van der Waals surface area (Å²) in [6, 6.07) is 15.8. The summed E-state index contributed by atoms with van der Waals surface area (Å²) in [5, 5.41) is 7.57. The number of hydrogen-bond acceptors (Lipinski definition) is 6. The summed E-state index contributed by atoms with van der Waals surface area (Å²) < 4.78 is 40.4. The highest BCUT2D eigenvalue weighted by molar-refractivity contribution is 7.89. The molecule has 4 aromatic rings. The van der Waals surface area contributed by atoms with Gasteiger partial charge in [-0.1, -0.05) is 0 Å². The van der Waals surface area contributed by atoms with Crippen LogP contribution in [-0.4, -0.2) is 34.0 Å². The number of sulfonamides is 1. The van der Waals surface area contributed by atoms with Crippen molar-refractivity contribution < 1.29 is 17.6 Å². The molecule has 2 aromatic heterocycles. The summed E-state index contributed by atoms with van der Waals surface area (Å²) in [5.41, 5.74) is 1.98. The van der Waals surface area contributed by atoms with Crippen LogP contribution in [0.2, 0.25) is 0 Å². The van der Waals surface area contributed by atoms with E-state index in [4.69, 9.17) is 9.15 Å². The molecule has 0 amide bonds. The van der Waals surface area contributed by atoms with Gasteiger partial charge in [0.25, 0.3) is 0 Å². The summed E-state index contributed by atoms with van der Waals surface area (Å²) in [4.78, 5) is 0.229. The van der Waals surface area contributed by atoms with Gasteiger partial charge in [-0.3, -0.25) is 4.57 Å². The Bertz CT molecular complexity index is 1250. The molecule has 152 valence electrons. The lowest BCUT2D eigenvalue weighted by molar-refractivity contribution is 0.343. The minimum absolute atomic E-state index is 0.229. The van der Waals surface area contributed by atoms with Crippen molar-refractivity contribution in [2.75, 3.05) is 6.54 Å². The van der Waals surface area contributed by atoms with E-state index in [1.54, 1.807) is 47.8 Å². The highest BCUT2D eigenvalue weighted by atomic mass is 32.2. The Kier molecular flexibility index (Phi) is 4.61. The zero-order valence-corrected chi connectivity index (χ0v) is 16.7. The standard InChI is InChI=1S/C21H18N4O4S/c26-30(27,25-11-9-16-10-12-28-21(16)13-25)20-7-5-19(6-8-20)29-18-3-1-17(2-4-18)24-14-22-23-15-24/h1-8,10,12,14-15H,9,11,13H2. The molecule has 0 aliphatic carbocycles. The van der Waals surface area contributed by atoms with E-state index < -0.39 is 10.0 Å². The third-order valence-corrected chi connectivity index (χ3v) is 6.90. The van der Waals surface area contributed by atoms with Gasteiger partial charge in [0.05, 0.1) is 17.7 Å². The molecular formula is C21H18N4O4S. The van der Waals surface area contributed by atoms with Gasteiger partial charge >= 0.3 is 0 Å². The molecule has 30 heavy (non-hydrogen) atoms. The lowest BCUT2D eigenvalue weighted by Gasteiger charge is -2.25. The van der Waals surface area contributed by atoms with Crippen LogP contribution in [0.5, 0.6) is 11.5 Å². The molecule has 5 rings (SSSR count). The average Bonchev–Trinajstić information content (AvgIpc) is 3.46. The smallest absolute Gasteiger partial charge is 0.243 e. The highest BCUT2D eigenvalue weighted by Crippen LogP contribution is 2.28. The fourth-order valence-electron chi connectivity index (χ4n) is 3.40. The van der Waals surface area contributed by atoms with Gasteiger partial charge in [-0.15, -0.1) is 10.2 Å². The second-order valence-electron chi connectivity index (χ2n) is 6.89. The maximum atomic E-state index is 13.0. The molecule has 0 atom stereocenters. The van der Waals surface area contributed by atoms with Crippen LogP contribution in [0.1, 0.15) is 11.3 Å². The Labute approximate surface area is 173 Å². The van der Waals surface area contributed by atoms with Crippen molar-refractivity contribution in [1.29, 1.82) is 0 Å². The van der Waals surface area contributed by atoms with E-state index in [2.05, 4.69) is 10.2 Å². The molecule has 1 aliphatic rings. The normalized spacial score (nSPS) is 14.4. The molecule has 0 unspecified atom stereocenters. The summed E-state index contributed by atoms with van der Waals surface area (Å²) in [7, 11) is -3.60. The van der Waals surface area contributed by atoms with E-state index in [-0.39, 0.29) is 11.4 Å². The maximum Gasteiger partial charge on any atom is 0.243 e. The van der Waals surface area contributed by atoms with Crippen molar-refractivity contribution in [2.24, 2.45) is 0 Å². The third-order valence-electron chi connectivity index (χ3n) is 5.04. The van der Waals surface area contributed by atoms with Gasteiger partial charge in [0, 0.05) is 12.2 Å². The molecule has 0 saturated carbocycles. The van der Waals surface area contributed by atoms with Crippen LogP contribution in [0.25, 0.3) is 5.69 Å². The lowest BCUT2D eigenvalue weighted by atomic mass is 10.1. The van der Waals surface area contributed by atoms with Gasteiger partial charge < -0.3 is 9.15 Å². The first-order chi connectivity index (χ1) is 14.6. The second-order valence-corrected chi connectivity index (χ2v) is 8.83. The monoisotopic (exact) mass is 422 g/mol. The number of furan rings is 1. The van der Waals surface area contributed by atoms with E-state index in [1.807, 2.05) is 30.3 Å². The first-order valence-corrected chi connectivity index (χ1v) is 10.8. The fourth-order valence-corrected chi connectivity index (χ4v) is 4.80. The molecule has 0 spiro atoms. The van der Waals surface area contributed by atoms with E-state index >= 15 is 0 Å². The number of rotatable bonds is 5. The molecule has 2 aromatic carbocycles. The Morgan fingerprint density at radius 1 is 0.900 bits per heavy atom. The Morgan fingerprint density at radius 3 is 2.27 bits per heavy atom. The number of hydrogen-bond donors (Lipinski definition) is 0. The van der Waals surface area contributed by atoms with Gasteiger partial charge in [-0.2, -0.15) is 4.31 Å². The molecule has 0 bridgehead atoms. The molecule has 8 nitrogen and oxygen atoms in total. The summed E-state index contributed by atoms with van der Waals surface area (Å²) in [5.74, 6) is 1.90. The fraction of sp³-hybridized carbons (Fsp3) is 0.143. The Balaban J connectivity index is 1.29. The third kappa shape index (κ3) is 3.49. The minimum Gasteiger partial charge on any atom is -0.468 e. The SMILES string of the molecule is O=S(=O)(c1ccc(Oc2ccc(-n3cnnc3)cc2)cc1)N1CCc2ccoc2C1. The molecule has 1 aliphatic heterocycles. The van der Waals surface area contributed by atoms with Gasteiger partial charge in [-0.25, -0.2) is 8.42 Å². The van der Waals surface area contributed by atoms with Crippen LogP contribution < -0.4 is 4.74 Å². The van der Waals surface area contributed by atoms with Crippen molar-refractivity contribution >= 4 is 10.0 Å². The van der Waals surface area contributed by atoms with E-state index in [1.165, 1.54) is 4.31 Å². The van der Waals surface area contributed by atoms with E-state index in [0.29, 0.717) is 30.2 Å². The summed E-state index contributed by atoms with van der Waals surface area (Å²) in [6.45, 7) is 0.688. The molecule has 0 saturated heterocycles. The maximum absolute atomic E-state index is 13.0. The van der Waals surface area contributed by atoms with Crippen LogP contribution in [0.15, 0.2) is 82.8 Å². The zero-order chi connectivity index (χ0) is 20.6. The molecular weight excluding hydrogens is 404 g/mol. The number of benzene rings is 2. The van der Waals surface area contributed by atoms with Crippen molar-refractivity contribution in [1.82, 2.24) is 19.1 Å². The van der Waals surface area contributed by atoms with E-state index in [9.17, 15) is 8.42 Å². The van der Waals surface area contributed by atoms with Crippen molar-refractivity contribution in [3.05, 3.63) is 84.8 Å². The van der Waals surface area contributed by atoms with E-state index in [0.717, 1.165) is 11.3 Å². The second kappa shape index (κ2) is 7.43. The predicted molar refractivity (Wildman–Crippen MR) is 108 cm³/mol. The largest absolute Gasteiger partial charge is 0.468 e. The highest BCUT2D eigenvalue weighted by Gasteiger charge is 2.29. The van der Waals surface area contributed by atoms with Gasteiger partial charge in [-0.05, 0) is 66.6 Å². The summed E-state index contributed by atoms with van der Waals surface area (Å²) in [6.07, 6.45) is 5.48. The van der Waals surface area contributed by atoms with Gasteiger partial charge in [0.15, 0.2) is 0 Å². The van der Waals surface area contributed by atoms with Crippen molar-refractivity contribution in [3.63, 3.8) is 0 Å². The van der Waals surface area contributed by atoms with Crippen LogP contribution in [0, 0.1) is 0 Å². The predicted octanol–water partition coefficient (Wildman–Crippen LogP) is 3.40. The van der Waals surface area contributed by atoms with Crippen LogP contribution in [0.4, 0.5) is 0 Å². The van der Waals surface area contributed by atoms with Gasteiger partial charge in [0.2, 0.25) is 10.0 Å². The van der Waals surface area contributed by atoms with Crippen LogP contribution in [0.3, 0.4) is 0 Å². The molecule has 0 radical (unpaired) electrons. The summed E-state index contributed by atoms with van der Waals surface area (Å²) >= 11 is 0. The Morgan fingerprint density at radius 2 is 1.57 bits per heavy atom. The van der Waals surface area contributed by atoms with Gasteiger partial charge in [0.1, 0.15) is 29.9 Å². The number of aromatic nitrogens is 3. The number of ether oxygens (including phenoxy) is 1. The molecule has 9 heteroatoms. The topological polar surface area (TPSA) is 90.5 Å². The molecule has 0 N–H and O–H groups in total. The molecule has 3 heterocycles. The number of nitrogens with zero attached hydrogens (tertiary/aromatic N) is 4. The quantitative estimate of drug-likeness (QED) is 0.490. The molecule has 0 fully saturated rings. The van der Waals surface area contributed by atoms with Crippen LogP contribution >= 0.6 is 0 Å². The first-order valence-electron chi connectivity index (χ1n) is 9.38. The lowest BCUT2D eigenvalue weighted by Crippen LogP contribution is -2.35. The number of fused-ring (bicyclic) bond motifs is 1. The Hall–Kier alpha value is -3.43. The first kappa shape index (κ1) is 18.6. The average molecular weight is 422 g/mol.